The zero-order chi connectivity index (χ0) is 30.9. The molecule has 2 heterocycles. The monoisotopic (exact) mass is 640 g/mol. The summed E-state index contributed by atoms with van der Waals surface area (Å²) in [5, 5.41) is 33.0. The summed E-state index contributed by atoms with van der Waals surface area (Å²) in [6.07, 6.45) is 8.98. The lowest BCUT2D eigenvalue weighted by molar-refractivity contribution is 0.312. The lowest BCUT2D eigenvalue weighted by Crippen LogP contribution is -2.40. The van der Waals surface area contributed by atoms with E-state index in [4.69, 9.17) is 33.4 Å². The molecule has 0 spiro atoms. The fourth-order valence-corrected chi connectivity index (χ4v) is 6.43. The molecule has 0 radical (unpaired) electrons. The number of unbranched alkanes of at least 4 members (excludes halogenated alkanes) is 3. The second-order valence-electron chi connectivity index (χ2n) is 10.2. The summed E-state index contributed by atoms with van der Waals surface area (Å²) < 4.78 is 0. The lowest BCUT2D eigenvalue weighted by atomic mass is 9.92. The van der Waals surface area contributed by atoms with Crippen LogP contribution in [0.2, 0.25) is 5.02 Å². The number of hydrogen-bond acceptors (Lipinski definition) is 8. The van der Waals surface area contributed by atoms with Gasteiger partial charge in [0.1, 0.15) is 0 Å². The number of nitrogens with one attached hydrogen (secondary N) is 4. The van der Waals surface area contributed by atoms with Gasteiger partial charge in [-0.15, -0.1) is 11.3 Å². The topological polar surface area (TPSA) is 154 Å². The van der Waals surface area contributed by atoms with E-state index < -0.39 is 0 Å². The number of rotatable bonds is 18. The van der Waals surface area contributed by atoms with Crippen molar-refractivity contribution in [2.45, 2.75) is 43.8 Å². The molecule has 230 valence electrons. The van der Waals surface area contributed by atoms with Crippen molar-refractivity contribution < 1.29 is 0 Å². The third-order valence-corrected chi connectivity index (χ3v) is 8.90. The molecule has 1 unspecified atom stereocenters. The molecule has 0 saturated heterocycles. The Balaban J connectivity index is 1.34. The zero-order valence-electron chi connectivity index (χ0n) is 24.6. The molecule has 0 fully saturated rings. The van der Waals surface area contributed by atoms with Gasteiger partial charge in [0.05, 0.1) is 5.69 Å². The Labute approximate surface area is 268 Å². The van der Waals surface area contributed by atoms with Gasteiger partial charge in [0, 0.05) is 52.8 Å². The van der Waals surface area contributed by atoms with Crippen molar-refractivity contribution in [2.24, 2.45) is 5.73 Å². The molecule has 43 heavy (non-hydrogen) atoms. The maximum Gasteiger partial charge on any atom is 0.204 e. The first-order chi connectivity index (χ1) is 20.9. The fourth-order valence-electron chi connectivity index (χ4n) is 4.63. The van der Waals surface area contributed by atoms with Crippen molar-refractivity contribution in [1.29, 1.82) is 16.1 Å². The van der Waals surface area contributed by atoms with Crippen LogP contribution in [0.15, 0.2) is 54.0 Å². The van der Waals surface area contributed by atoms with Gasteiger partial charge in [-0.3, -0.25) is 21.1 Å². The van der Waals surface area contributed by atoms with Gasteiger partial charge >= 0.3 is 0 Å². The molecule has 0 aliphatic rings. The second-order valence-corrected chi connectivity index (χ2v) is 12.6. The van der Waals surface area contributed by atoms with E-state index in [0.717, 1.165) is 79.7 Å². The van der Waals surface area contributed by atoms with E-state index in [0.29, 0.717) is 11.7 Å². The molecule has 0 saturated carbocycles. The van der Waals surface area contributed by atoms with Crippen LogP contribution in [-0.2, 0) is 5.75 Å². The van der Waals surface area contributed by atoms with Gasteiger partial charge in [-0.05, 0) is 69.2 Å². The number of thiazole rings is 1. The Kier molecular flexibility index (Phi) is 15.1. The van der Waals surface area contributed by atoms with Crippen LogP contribution < -0.4 is 16.4 Å². The third-order valence-electron chi connectivity index (χ3n) is 6.87. The molecule has 1 atom stereocenters. The van der Waals surface area contributed by atoms with E-state index in [-0.39, 0.29) is 17.8 Å². The van der Waals surface area contributed by atoms with Crippen LogP contribution in [0.25, 0.3) is 0 Å². The molecule has 0 bridgehead atoms. The largest absolute Gasteiger partial charge is 0.370 e. The predicted molar refractivity (Wildman–Crippen MR) is 180 cm³/mol. The molecule has 6 N–H and O–H groups in total. The minimum Gasteiger partial charge on any atom is -0.370 e. The van der Waals surface area contributed by atoms with Gasteiger partial charge in [0.2, 0.25) is 5.96 Å². The maximum absolute atomic E-state index is 9.00. The summed E-state index contributed by atoms with van der Waals surface area (Å²) in [5.74, 6) is 1.79. The average Bonchev–Trinajstić information content (AvgIpc) is 3.43. The van der Waals surface area contributed by atoms with Gasteiger partial charge in [-0.2, -0.15) is 17.0 Å². The highest BCUT2D eigenvalue weighted by molar-refractivity contribution is 7.98. The van der Waals surface area contributed by atoms with Crippen LogP contribution in [0.3, 0.4) is 0 Å². The molecule has 0 aliphatic heterocycles. The molecule has 2 aromatic heterocycles. The molecule has 0 amide bonds. The van der Waals surface area contributed by atoms with E-state index >= 15 is 0 Å². The first-order valence-electron chi connectivity index (χ1n) is 14.3. The SMILES string of the molecule is CN(CCCCCCN(CCSCc1csc(NC(=N)N)n1)C(=N)NC#N)CCC(c1ccc(Cl)cc1)c1ccccn1. The van der Waals surface area contributed by atoms with E-state index in [9.17, 15) is 0 Å². The average molecular weight is 641 g/mol. The number of pyridine rings is 1. The van der Waals surface area contributed by atoms with Crippen LogP contribution in [-0.4, -0.2) is 70.7 Å². The number of anilines is 1. The molecule has 13 heteroatoms. The van der Waals surface area contributed by atoms with Crippen molar-refractivity contribution in [1.82, 2.24) is 25.1 Å². The van der Waals surface area contributed by atoms with Gasteiger partial charge in [-0.1, -0.05) is 42.6 Å². The Morgan fingerprint density at radius 1 is 1.09 bits per heavy atom. The number of benzene rings is 1. The highest BCUT2D eigenvalue weighted by Gasteiger charge is 2.16. The summed E-state index contributed by atoms with van der Waals surface area (Å²) in [7, 11) is 2.18. The first kappa shape index (κ1) is 34.1. The summed E-state index contributed by atoms with van der Waals surface area (Å²) in [4.78, 5) is 13.4. The summed E-state index contributed by atoms with van der Waals surface area (Å²) in [6, 6.07) is 14.2. The Morgan fingerprint density at radius 3 is 2.56 bits per heavy atom. The highest BCUT2D eigenvalue weighted by atomic mass is 35.5. The molecule has 10 nitrogen and oxygen atoms in total. The number of nitriles is 1. The van der Waals surface area contributed by atoms with Crippen LogP contribution in [0.4, 0.5) is 5.13 Å². The number of hydrogen-bond donors (Lipinski definition) is 5. The smallest absolute Gasteiger partial charge is 0.204 e. The first-order valence-corrected chi connectivity index (χ1v) is 16.7. The number of nitrogens with two attached hydrogens (primary N) is 1. The van der Waals surface area contributed by atoms with E-state index in [1.165, 1.54) is 16.9 Å². The molecule has 3 rings (SSSR count). The number of guanidine groups is 2. The molecule has 3 aromatic rings. The lowest BCUT2D eigenvalue weighted by Gasteiger charge is -2.24. The van der Waals surface area contributed by atoms with Crippen molar-refractivity contribution in [3.8, 4) is 6.19 Å². The Bertz CT molecular complexity index is 1300. The Morgan fingerprint density at radius 2 is 1.86 bits per heavy atom. The number of aromatic nitrogens is 2. The van der Waals surface area contributed by atoms with Gasteiger partial charge < -0.3 is 20.9 Å². The number of nitrogens with zero attached hydrogens (tertiary/aromatic N) is 5. The molecule has 0 aliphatic carbocycles. The fraction of sp³-hybridized carbons (Fsp3) is 0.433. The third kappa shape index (κ3) is 12.8. The Hall–Kier alpha value is -3.37. The van der Waals surface area contributed by atoms with Crippen molar-refractivity contribution in [3.63, 3.8) is 0 Å². The zero-order valence-corrected chi connectivity index (χ0v) is 26.9. The summed E-state index contributed by atoms with van der Waals surface area (Å²) in [5.41, 5.74) is 8.60. The van der Waals surface area contributed by atoms with Gasteiger partial charge in [-0.25, -0.2) is 4.98 Å². The van der Waals surface area contributed by atoms with Crippen LogP contribution in [0.5, 0.6) is 0 Å². The minimum absolute atomic E-state index is 0.125. The predicted octanol–water partition coefficient (Wildman–Crippen LogP) is 5.75. The second kappa shape index (κ2) is 19.0. The van der Waals surface area contributed by atoms with Gasteiger partial charge in [0.15, 0.2) is 17.3 Å². The summed E-state index contributed by atoms with van der Waals surface area (Å²) >= 11 is 9.27. The van der Waals surface area contributed by atoms with E-state index in [2.05, 4.69) is 50.7 Å². The van der Waals surface area contributed by atoms with Gasteiger partial charge in [0.25, 0.3) is 0 Å². The van der Waals surface area contributed by atoms with Crippen LogP contribution >= 0.6 is 34.7 Å². The molecular formula is C30H41ClN10S2. The summed E-state index contributed by atoms with van der Waals surface area (Å²) in [6.45, 7) is 3.42. The molecule has 1 aromatic carbocycles. The maximum atomic E-state index is 9.00. The number of halogens is 1. The standard InChI is InChI=1S/C30H41ClN10S2/c1-40(17-13-26(27-8-4-5-14-36-27)23-9-11-24(31)12-10-23)15-6-2-3-7-16-41(29(35)37-22-32)18-19-42-20-25-21-43-30(38-25)39-28(33)34/h4-5,8-12,14,21,26H,2-3,6-7,13,15-20H2,1H3,(H2,35,37)(H4,33,34,38,39). The van der Waals surface area contributed by atoms with Crippen molar-refractivity contribution in [3.05, 3.63) is 76.0 Å². The van der Waals surface area contributed by atoms with Crippen molar-refractivity contribution in [2.75, 3.05) is 44.3 Å². The van der Waals surface area contributed by atoms with E-state index in [1.807, 2.05) is 46.9 Å². The quantitative estimate of drug-likeness (QED) is 0.0384. The minimum atomic E-state index is -0.125. The normalized spacial score (nSPS) is 11.6. The molecular weight excluding hydrogens is 600 g/mol. The van der Waals surface area contributed by atoms with Crippen molar-refractivity contribution >= 4 is 51.8 Å². The number of thioether (sulfide) groups is 1. The van der Waals surface area contributed by atoms with E-state index in [1.54, 1.807) is 11.8 Å². The van der Waals surface area contributed by atoms with Crippen LogP contribution in [0.1, 0.15) is 55.0 Å². The van der Waals surface area contributed by atoms with Crippen LogP contribution in [0, 0.1) is 22.3 Å². The highest BCUT2D eigenvalue weighted by Crippen LogP contribution is 2.28.